The van der Waals surface area contributed by atoms with Crippen LogP contribution < -0.4 is 11.1 Å². The highest BCUT2D eigenvalue weighted by Crippen LogP contribution is 2.24. The molecule has 2 rings (SSSR count). The molecule has 0 saturated carbocycles. The molecule has 0 bridgehead atoms. The number of hydrogen-bond acceptors (Lipinski definition) is 7. The summed E-state index contributed by atoms with van der Waals surface area (Å²) in [7, 11) is 0. The summed E-state index contributed by atoms with van der Waals surface area (Å²) in [6, 6.07) is 1.49. The molecule has 29 heavy (non-hydrogen) atoms. The van der Waals surface area contributed by atoms with Crippen LogP contribution in [0.15, 0.2) is 11.4 Å². The molecule has 156 valence electrons. The number of nitrogens with two attached hydrogens (primary N) is 1. The van der Waals surface area contributed by atoms with Gasteiger partial charge in [-0.05, 0) is 51.6 Å². The van der Waals surface area contributed by atoms with Crippen LogP contribution in [0.5, 0.6) is 0 Å². The van der Waals surface area contributed by atoms with Crippen molar-refractivity contribution in [2.24, 2.45) is 5.73 Å². The predicted molar refractivity (Wildman–Crippen MR) is 107 cm³/mol. The Hall–Kier alpha value is -3.14. The van der Waals surface area contributed by atoms with E-state index in [1.807, 2.05) is 0 Å². The summed E-state index contributed by atoms with van der Waals surface area (Å²) in [5, 5.41) is 4.40. The molecule has 10 heteroatoms. The van der Waals surface area contributed by atoms with Crippen molar-refractivity contribution in [3.05, 3.63) is 39.5 Å². The maximum atomic E-state index is 12.5. The van der Waals surface area contributed by atoms with E-state index in [0.717, 1.165) is 11.3 Å². The van der Waals surface area contributed by atoms with Crippen molar-refractivity contribution < 1.29 is 28.7 Å². The summed E-state index contributed by atoms with van der Waals surface area (Å²) in [5.41, 5.74) is 6.57. The smallest absolute Gasteiger partial charge is 0.355 e. The average Bonchev–Trinajstić information content (AvgIpc) is 3.18. The van der Waals surface area contributed by atoms with Gasteiger partial charge < -0.3 is 25.5 Å². The zero-order chi connectivity index (χ0) is 21.9. The summed E-state index contributed by atoms with van der Waals surface area (Å²) in [4.78, 5) is 51.2. The van der Waals surface area contributed by atoms with Crippen molar-refractivity contribution in [2.45, 2.75) is 46.8 Å². The number of aryl methyl sites for hydroxylation is 1. The third kappa shape index (κ3) is 5.02. The van der Waals surface area contributed by atoms with Crippen molar-refractivity contribution in [2.75, 3.05) is 5.32 Å². The van der Waals surface area contributed by atoms with Gasteiger partial charge in [-0.15, -0.1) is 11.3 Å². The Morgan fingerprint density at radius 2 is 1.76 bits per heavy atom. The topological polar surface area (TPSA) is 141 Å². The van der Waals surface area contributed by atoms with Crippen molar-refractivity contribution in [3.8, 4) is 0 Å². The first kappa shape index (κ1) is 22.2. The molecule has 0 aliphatic carbocycles. The third-order valence-electron chi connectivity index (χ3n) is 4.01. The number of esters is 2. The lowest BCUT2D eigenvalue weighted by Crippen LogP contribution is -2.30. The molecule has 0 spiro atoms. The fourth-order valence-electron chi connectivity index (χ4n) is 2.62. The van der Waals surface area contributed by atoms with Crippen LogP contribution in [0.2, 0.25) is 0 Å². The SMILES string of the molecule is Cc1[nH]c(C(=O)O[C@@H](C)C(=O)Nc2sccc2C(N)=O)c(C)c1C(=O)OC(C)C. The van der Waals surface area contributed by atoms with Gasteiger partial charge in [0.2, 0.25) is 0 Å². The molecule has 0 aliphatic heterocycles. The minimum atomic E-state index is -1.15. The summed E-state index contributed by atoms with van der Waals surface area (Å²) < 4.78 is 10.4. The quantitative estimate of drug-likeness (QED) is 0.587. The number of carbonyl (C=O) groups is 4. The number of nitrogens with one attached hydrogen (secondary N) is 2. The van der Waals surface area contributed by atoms with Gasteiger partial charge in [0, 0.05) is 5.69 Å². The van der Waals surface area contributed by atoms with Crippen LogP contribution in [-0.4, -0.2) is 40.9 Å². The highest BCUT2D eigenvalue weighted by Gasteiger charge is 2.27. The fourth-order valence-corrected chi connectivity index (χ4v) is 3.42. The molecule has 0 aromatic carbocycles. The fraction of sp³-hybridized carbons (Fsp3) is 0.368. The monoisotopic (exact) mass is 421 g/mol. The van der Waals surface area contributed by atoms with E-state index in [1.54, 1.807) is 33.1 Å². The normalized spacial score (nSPS) is 11.8. The van der Waals surface area contributed by atoms with Crippen molar-refractivity contribution in [1.82, 2.24) is 4.98 Å². The molecule has 0 radical (unpaired) electrons. The lowest BCUT2D eigenvalue weighted by molar-refractivity contribution is -0.123. The maximum Gasteiger partial charge on any atom is 0.355 e. The van der Waals surface area contributed by atoms with E-state index in [1.165, 1.54) is 13.0 Å². The number of ether oxygens (including phenoxy) is 2. The number of H-pyrrole nitrogens is 1. The summed E-state index contributed by atoms with van der Waals surface area (Å²) >= 11 is 1.12. The number of carbonyl (C=O) groups excluding carboxylic acids is 4. The molecule has 2 amide bonds. The first-order valence-electron chi connectivity index (χ1n) is 8.82. The van der Waals surface area contributed by atoms with E-state index in [2.05, 4.69) is 10.3 Å². The standard InChI is InChI=1S/C19H23N3O6S/c1-8(2)27-18(25)13-9(3)14(21-10(13)4)19(26)28-11(5)16(24)22-17-12(15(20)23)6-7-29-17/h6-8,11,21H,1-5H3,(H2,20,23)(H,22,24)/t11-/m0/s1. The van der Waals surface area contributed by atoms with E-state index >= 15 is 0 Å². The van der Waals surface area contributed by atoms with Crippen LogP contribution in [-0.2, 0) is 14.3 Å². The molecular weight excluding hydrogens is 398 g/mol. The molecule has 0 unspecified atom stereocenters. The molecule has 2 aromatic heterocycles. The zero-order valence-electron chi connectivity index (χ0n) is 16.7. The maximum absolute atomic E-state index is 12.5. The Balaban J connectivity index is 2.11. The Bertz CT molecular complexity index is 959. The number of hydrogen-bond donors (Lipinski definition) is 3. The van der Waals surface area contributed by atoms with E-state index < -0.39 is 29.9 Å². The lowest BCUT2D eigenvalue weighted by atomic mass is 10.1. The lowest BCUT2D eigenvalue weighted by Gasteiger charge is -2.13. The van der Waals surface area contributed by atoms with Gasteiger partial charge in [-0.25, -0.2) is 9.59 Å². The van der Waals surface area contributed by atoms with Crippen LogP contribution in [0.4, 0.5) is 5.00 Å². The van der Waals surface area contributed by atoms with Crippen molar-refractivity contribution in [1.29, 1.82) is 0 Å². The Morgan fingerprint density at radius 1 is 1.10 bits per heavy atom. The van der Waals surface area contributed by atoms with Gasteiger partial charge >= 0.3 is 11.9 Å². The number of thiophene rings is 1. The molecule has 0 aliphatic rings. The molecule has 2 aromatic rings. The zero-order valence-corrected chi connectivity index (χ0v) is 17.6. The number of aromatic nitrogens is 1. The second-order valence-electron chi connectivity index (χ2n) is 6.64. The third-order valence-corrected chi connectivity index (χ3v) is 4.84. The number of anilines is 1. The van der Waals surface area contributed by atoms with Gasteiger partial charge in [-0.1, -0.05) is 0 Å². The highest BCUT2D eigenvalue weighted by atomic mass is 32.1. The van der Waals surface area contributed by atoms with E-state index in [9.17, 15) is 19.2 Å². The molecule has 0 saturated heterocycles. The van der Waals surface area contributed by atoms with Gasteiger partial charge in [-0.3, -0.25) is 9.59 Å². The summed E-state index contributed by atoms with van der Waals surface area (Å²) in [6.45, 7) is 8.07. The van der Waals surface area contributed by atoms with Gasteiger partial charge in [0.05, 0.1) is 17.2 Å². The van der Waals surface area contributed by atoms with Crippen molar-refractivity contribution >= 4 is 40.1 Å². The minimum absolute atomic E-state index is 0.0619. The molecule has 2 heterocycles. The molecule has 9 nitrogen and oxygen atoms in total. The number of aromatic amines is 1. The first-order valence-corrected chi connectivity index (χ1v) is 9.70. The van der Waals surface area contributed by atoms with E-state index in [-0.39, 0.29) is 27.9 Å². The van der Waals surface area contributed by atoms with E-state index in [4.69, 9.17) is 15.2 Å². The van der Waals surface area contributed by atoms with Crippen LogP contribution in [0.3, 0.4) is 0 Å². The van der Waals surface area contributed by atoms with Crippen LogP contribution in [0, 0.1) is 13.8 Å². The van der Waals surface area contributed by atoms with Gasteiger partial charge in [0.15, 0.2) is 6.10 Å². The highest BCUT2D eigenvalue weighted by molar-refractivity contribution is 7.14. The number of amides is 2. The predicted octanol–water partition coefficient (Wildman–Crippen LogP) is 2.54. The molecule has 1 atom stereocenters. The minimum Gasteiger partial charge on any atom is -0.459 e. The molecule has 0 fully saturated rings. The van der Waals surface area contributed by atoms with Gasteiger partial charge in [-0.2, -0.15) is 0 Å². The van der Waals surface area contributed by atoms with E-state index in [0.29, 0.717) is 11.3 Å². The first-order chi connectivity index (χ1) is 13.5. The second-order valence-corrected chi connectivity index (χ2v) is 7.56. The van der Waals surface area contributed by atoms with Gasteiger partial charge in [0.1, 0.15) is 10.7 Å². The Labute approximate surface area is 171 Å². The number of rotatable bonds is 7. The summed E-state index contributed by atoms with van der Waals surface area (Å²) in [5.74, 6) is -2.64. The largest absolute Gasteiger partial charge is 0.459 e. The molecular formula is C19H23N3O6S. The van der Waals surface area contributed by atoms with Crippen LogP contribution >= 0.6 is 11.3 Å². The Kier molecular flexibility index (Phi) is 6.80. The second kappa shape index (κ2) is 8.91. The van der Waals surface area contributed by atoms with Crippen LogP contribution in [0.25, 0.3) is 0 Å². The van der Waals surface area contributed by atoms with Crippen molar-refractivity contribution in [3.63, 3.8) is 0 Å². The Morgan fingerprint density at radius 3 is 2.34 bits per heavy atom. The molecule has 4 N–H and O–H groups in total. The van der Waals surface area contributed by atoms with Crippen LogP contribution in [0.1, 0.15) is 63.2 Å². The average molecular weight is 421 g/mol. The summed E-state index contributed by atoms with van der Waals surface area (Å²) in [6.07, 6.45) is -1.46. The number of primary amides is 1. The van der Waals surface area contributed by atoms with Gasteiger partial charge in [0.25, 0.3) is 11.8 Å².